The zero-order valence-corrected chi connectivity index (χ0v) is 15.7. The van der Waals surface area contributed by atoms with E-state index in [1.165, 1.54) is 5.56 Å². The molecule has 134 valence electrons. The maximum Gasteiger partial charge on any atom is 0.238 e. The number of carbonyl (C=O) groups excluding carboxylic acids is 1. The minimum atomic E-state index is -0.0888. The molecule has 0 aliphatic carbocycles. The zero-order valence-electron chi connectivity index (χ0n) is 15.7. The summed E-state index contributed by atoms with van der Waals surface area (Å²) in [4.78, 5) is 12.4. The van der Waals surface area contributed by atoms with Crippen molar-refractivity contribution in [3.8, 4) is 5.75 Å². The molecule has 2 rings (SSSR count). The van der Waals surface area contributed by atoms with Gasteiger partial charge in [-0.05, 0) is 35.6 Å². The monoisotopic (exact) mass is 340 g/mol. The van der Waals surface area contributed by atoms with Crippen LogP contribution in [0.1, 0.15) is 37.9 Å². The van der Waals surface area contributed by atoms with Crippen LogP contribution in [-0.4, -0.2) is 19.6 Å². The van der Waals surface area contributed by atoms with E-state index in [1.54, 1.807) is 7.11 Å². The molecule has 2 aromatic rings. The molecule has 4 heteroatoms. The normalized spacial score (nSPS) is 12.5. The third-order valence-corrected chi connectivity index (χ3v) is 4.09. The second-order valence-corrected chi connectivity index (χ2v) is 7.34. The van der Waals surface area contributed by atoms with Gasteiger partial charge in [0, 0.05) is 6.04 Å². The Bertz CT molecular complexity index is 706. The van der Waals surface area contributed by atoms with Crippen LogP contribution in [0.5, 0.6) is 5.75 Å². The van der Waals surface area contributed by atoms with E-state index in [-0.39, 0.29) is 23.9 Å². The van der Waals surface area contributed by atoms with Gasteiger partial charge >= 0.3 is 0 Å². The molecule has 1 unspecified atom stereocenters. The number of methoxy groups -OCH3 is 1. The first-order valence-electron chi connectivity index (χ1n) is 8.54. The number of amides is 1. The average Bonchev–Trinajstić information content (AvgIpc) is 2.55. The molecule has 0 aliphatic rings. The fourth-order valence-electron chi connectivity index (χ4n) is 2.88. The molecule has 0 spiro atoms. The van der Waals surface area contributed by atoms with Crippen LogP contribution in [0.15, 0.2) is 48.5 Å². The van der Waals surface area contributed by atoms with Gasteiger partial charge in [-0.2, -0.15) is 0 Å². The summed E-state index contributed by atoms with van der Waals surface area (Å²) in [6.45, 7) is 8.71. The van der Waals surface area contributed by atoms with Crippen molar-refractivity contribution in [2.75, 3.05) is 19.0 Å². The molecule has 1 atom stereocenters. The Kier molecular flexibility index (Phi) is 6.21. The summed E-state index contributed by atoms with van der Waals surface area (Å²) in [5.74, 6) is 0.573. The van der Waals surface area contributed by atoms with Crippen molar-refractivity contribution >= 4 is 11.6 Å². The number of hydrogen-bond acceptors (Lipinski definition) is 3. The Morgan fingerprint density at radius 2 is 1.80 bits per heavy atom. The molecule has 0 radical (unpaired) electrons. The Balaban J connectivity index is 2.06. The van der Waals surface area contributed by atoms with E-state index < -0.39 is 0 Å². The highest BCUT2D eigenvalue weighted by Crippen LogP contribution is 2.32. The minimum absolute atomic E-state index is 0.0113. The smallest absolute Gasteiger partial charge is 0.238 e. The molecule has 1 amide bonds. The maximum atomic E-state index is 12.4. The van der Waals surface area contributed by atoms with E-state index in [9.17, 15) is 4.79 Å². The number of aryl methyl sites for hydroxylation is 1. The van der Waals surface area contributed by atoms with Gasteiger partial charge in [-0.15, -0.1) is 0 Å². The molecule has 0 bridgehead atoms. The average molecular weight is 340 g/mol. The van der Waals surface area contributed by atoms with Crippen molar-refractivity contribution < 1.29 is 9.53 Å². The van der Waals surface area contributed by atoms with E-state index in [1.807, 2.05) is 43.3 Å². The lowest BCUT2D eigenvalue weighted by Crippen LogP contribution is -2.37. The predicted octanol–water partition coefficient (Wildman–Crippen LogP) is 4.32. The van der Waals surface area contributed by atoms with Gasteiger partial charge in [0.05, 0.1) is 19.3 Å². The number of benzene rings is 2. The van der Waals surface area contributed by atoms with E-state index in [2.05, 4.69) is 43.5 Å². The van der Waals surface area contributed by atoms with Crippen LogP contribution in [0.4, 0.5) is 5.69 Å². The molecule has 2 aromatic carbocycles. The Labute approximate surface area is 150 Å². The largest absolute Gasteiger partial charge is 0.495 e. The van der Waals surface area contributed by atoms with Crippen LogP contribution in [0.2, 0.25) is 0 Å². The third kappa shape index (κ3) is 5.33. The quantitative estimate of drug-likeness (QED) is 0.823. The zero-order chi connectivity index (χ0) is 18.4. The molecular formula is C21H28N2O2. The number of anilines is 1. The fraction of sp³-hybridized carbons (Fsp3) is 0.381. The highest BCUT2D eigenvalue weighted by molar-refractivity contribution is 5.93. The highest BCUT2D eigenvalue weighted by atomic mass is 16.5. The highest BCUT2D eigenvalue weighted by Gasteiger charge is 2.26. The van der Waals surface area contributed by atoms with Crippen molar-refractivity contribution in [3.63, 3.8) is 0 Å². The Morgan fingerprint density at radius 3 is 2.40 bits per heavy atom. The summed E-state index contributed by atoms with van der Waals surface area (Å²) >= 11 is 0. The lowest BCUT2D eigenvalue weighted by atomic mass is 9.82. The fourth-order valence-corrected chi connectivity index (χ4v) is 2.88. The van der Waals surface area contributed by atoms with Crippen LogP contribution in [0, 0.1) is 12.3 Å². The van der Waals surface area contributed by atoms with Gasteiger partial charge in [0.25, 0.3) is 0 Å². The molecule has 0 saturated heterocycles. The summed E-state index contributed by atoms with van der Waals surface area (Å²) in [6, 6.07) is 16.0. The van der Waals surface area contributed by atoms with Crippen molar-refractivity contribution in [3.05, 3.63) is 59.7 Å². The number of ether oxygens (including phenoxy) is 1. The predicted molar refractivity (Wildman–Crippen MR) is 103 cm³/mol. The first-order valence-corrected chi connectivity index (χ1v) is 8.54. The van der Waals surface area contributed by atoms with Crippen molar-refractivity contribution in [2.45, 2.75) is 33.7 Å². The SMILES string of the molecule is COc1ccc(C)cc1NC(=O)CNC(c1ccccc1)C(C)(C)C. The van der Waals surface area contributed by atoms with E-state index >= 15 is 0 Å². The van der Waals surface area contributed by atoms with E-state index in [0.29, 0.717) is 11.4 Å². The Hall–Kier alpha value is -2.33. The number of hydrogen-bond donors (Lipinski definition) is 2. The van der Waals surface area contributed by atoms with Gasteiger partial charge in [0.15, 0.2) is 0 Å². The van der Waals surface area contributed by atoms with E-state index in [4.69, 9.17) is 4.74 Å². The van der Waals surface area contributed by atoms with Crippen molar-refractivity contribution in [2.24, 2.45) is 5.41 Å². The lowest BCUT2D eigenvalue weighted by Gasteiger charge is -2.32. The second-order valence-electron chi connectivity index (χ2n) is 7.34. The summed E-state index contributed by atoms with van der Waals surface area (Å²) in [7, 11) is 1.60. The molecule has 0 aliphatic heterocycles. The first kappa shape index (κ1) is 19.0. The minimum Gasteiger partial charge on any atom is -0.495 e. The van der Waals surface area contributed by atoms with E-state index in [0.717, 1.165) is 5.56 Å². The lowest BCUT2D eigenvalue weighted by molar-refractivity contribution is -0.115. The number of rotatable bonds is 6. The molecule has 25 heavy (non-hydrogen) atoms. The summed E-state index contributed by atoms with van der Waals surface area (Å²) in [5, 5.41) is 6.33. The van der Waals surface area contributed by atoms with Gasteiger partial charge in [-0.25, -0.2) is 0 Å². The summed E-state index contributed by atoms with van der Waals surface area (Å²) in [5.41, 5.74) is 2.93. The maximum absolute atomic E-state index is 12.4. The van der Waals surface area contributed by atoms with Crippen LogP contribution in [0.25, 0.3) is 0 Å². The van der Waals surface area contributed by atoms with Gasteiger partial charge in [0.1, 0.15) is 5.75 Å². The van der Waals surface area contributed by atoms with Gasteiger partial charge in [-0.1, -0.05) is 57.2 Å². The number of carbonyl (C=O) groups is 1. The van der Waals surface area contributed by atoms with Crippen LogP contribution >= 0.6 is 0 Å². The summed E-state index contributed by atoms with van der Waals surface area (Å²) in [6.07, 6.45) is 0. The topological polar surface area (TPSA) is 50.4 Å². The van der Waals surface area contributed by atoms with Gasteiger partial charge < -0.3 is 15.4 Å². The van der Waals surface area contributed by atoms with Crippen LogP contribution < -0.4 is 15.4 Å². The van der Waals surface area contributed by atoms with Gasteiger partial charge in [-0.3, -0.25) is 4.79 Å². The Morgan fingerprint density at radius 1 is 1.12 bits per heavy atom. The van der Waals surface area contributed by atoms with Crippen molar-refractivity contribution in [1.29, 1.82) is 0 Å². The molecular weight excluding hydrogens is 312 g/mol. The van der Waals surface area contributed by atoms with Gasteiger partial charge in [0.2, 0.25) is 5.91 Å². The van der Waals surface area contributed by atoms with Crippen molar-refractivity contribution in [1.82, 2.24) is 5.32 Å². The summed E-state index contributed by atoms with van der Waals surface area (Å²) < 4.78 is 5.32. The second kappa shape index (κ2) is 8.17. The molecule has 0 fully saturated rings. The number of nitrogens with one attached hydrogen (secondary N) is 2. The molecule has 0 saturated carbocycles. The van der Waals surface area contributed by atoms with Crippen LogP contribution in [-0.2, 0) is 4.79 Å². The molecule has 0 heterocycles. The first-order chi connectivity index (χ1) is 11.8. The third-order valence-electron chi connectivity index (χ3n) is 4.09. The molecule has 2 N–H and O–H groups in total. The molecule has 0 aromatic heterocycles. The van der Waals surface area contributed by atoms with Crippen LogP contribution in [0.3, 0.4) is 0 Å². The standard InChI is InChI=1S/C21H28N2O2/c1-15-11-12-18(25-5)17(13-15)23-19(24)14-22-20(21(2,3)4)16-9-7-6-8-10-16/h6-13,20,22H,14H2,1-5H3,(H,23,24). The molecule has 4 nitrogen and oxygen atoms in total.